The molecule has 0 saturated carbocycles. The third-order valence-corrected chi connectivity index (χ3v) is 13.9. The van der Waals surface area contributed by atoms with Crippen LogP contribution in [0.4, 0.5) is 0 Å². The number of aliphatic imine (C=N–C) groups is 1. The number of hydrogen-bond donors (Lipinski definition) is 16. The number of aromatic hydroxyl groups is 1. The van der Waals surface area contributed by atoms with Crippen LogP contribution in [0.1, 0.15) is 68.7 Å². The Bertz CT molecular complexity index is 3190. The second-order valence-corrected chi connectivity index (χ2v) is 21.3. The number of hydrogen-bond acceptors (Lipinski definition) is 14. The number of phenols is 1. The van der Waals surface area contributed by atoms with Crippen LogP contribution in [-0.2, 0) is 73.6 Å². The van der Waals surface area contributed by atoms with Crippen LogP contribution in [0.3, 0.4) is 0 Å². The number of aliphatic hydroxyl groups is 1. The molecule has 0 spiro atoms. The molecule has 4 aromatic carbocycles. The molecule has 466 valence electrons. The zero-order chi connectivity index (χ0) is 63.7. The summed E-state index contributed by atoms with van der Waals surface area (Å²) in [5, 5.41) is 51.7. The standard InChI is InChI=1S/C60H78N14O13/c1-33(2)50(58(85)74-51(34(3)75)57(84)67-32-49(78)68-45(28-35-13-6-4-7-14-35)55(82)72-47(59(86)87)30-38-31-66-42-18-11-10-17-40(38)42)73-56(83)46(29-36-15-8-5-9-16-36)71-54(81)44(24-25-48(62)77)70-53(80)43(19-12-26-65-60(63)64)69-52(79)41(61)27-37-20-22-39(76)23-21-37/h4-11,13-18,20-23,31,33-34,41,43-47,50-51,66,75-76H,12,19,24-30,32,61H2,1-3H3,(H2,62,77)(H,67,84)(H,68,78)(H,69,79)(H,70,80)(H,71,81)(H,72,82)(H,73,83)(H,74,85)(H,86,87)(H4,63,64,65)/t34-,41+,43+,44+,45+,46+,47+,50+,51+/m1/s1. The van der Waals surface area contributed by atoms with E-state index in [0.717, 1.165) is 10.9 Å². The molecule has 0 bridgehead atoms. The van der Waals surface area contributed by atoms with Crippen molar-refractivity contribution in [2.24, 2.45) is 33.8 Å². The molecule has 1 heterocycles. The van der Waals surface area contributed by atoms with Crippen LogP contribution in [0, 0.1) is 5.92 Å². The number of nitrogens with two attached hydrogens (primary N) is 4. The van der Waals surface area contributed by atoms with Crippen LogP contribution in [0.25, 0.3) is 10.9 Å². The quantitative estimate of drug-likeness (QED) is 0.0126. The predicted octanol–water partition coefficient (Wildman–Crippen LogP) is -1.58. The van der Waals surface area contributed by atoms with E-state index >= 15 is 0 Å². The first-order chi connectivity index (χ1) is 41.4. The average Bonchev–Trinajstić information content (AvgIpc) is 3.52. The molecular weight excluding hydrogens is 1120 g/mol. The lowest BCUT2D eigenvalue weighted by Gasteiger charge is -2.29. The van der Waals surface area contributed by atoms with Crippen molar-refractivity contribution < 1.29 is 63.3 Å². The van der Waals surface area contributed by atoms with E-state index in [1.807, 2.05) is 18.2 Å². The number of fused-ring (bicyclic) bond motifs is 1. The van der Waals surface area contributed by atoms with Crippen LogP contribution in [-0.4, -0.2) is 153 Å². The summed E-state index contributed by atoms with van der Waals surface area (Å²) >= 11 is 0. The summed E-state index contributed by atoms with van der Waals surface area (Å²) in [6.45, 7) is 3.62. The zero-order valence-corrected chi connectivity index (χ0v) is 48.5. The van der Waals surface area contributed by atoms with Gasteiger partial charge in [-0.1, -0.05) is 105 Å². The number of nitrogens with zero attached hydrogens (tertiary/aromatic N) is 1. The molecule has 0 radical (unpaired) electrons. The van der Waals surface area contributed by atoms with Crippen molar-refractivity contribution in [3.8, 4) is 5.75 Å². The molecule has 0 unspecified atom stereocenters. The molecule has 0 fully saturated rings. The largest absolute Gasteiger partial charge is 0.508 e. The lowest BCUT2D eigenvalue weighted by atomic mass is 9.99. The maximum atomic E-state index is 14.4. The number of primary amides is 1. The number of carbonyl (C=O) groups is 10. The second kappa shape index (κ2) is 33.6. The fourth-order valence-electron chi connectivity index (χ4n) is 9.20. The van der Waals surface area contributed by atoms with Crippen LogP contribution in [0.15, 0.2) is 120 Å². The highest BCUT2D eigenvalue weighted by Crippen LogP contribution is 2.20. The van der Waals surface area contributed by atoms with Crippen LogP contribution in [0.5, 0.6) is 5.75 Å². The summed E-state index contributed by atoms with van der Waals surface area (Å²) in [5.74, 6) is -10.3. The molecule has 0 saturated heterocycles. The number of amides is 9. The SMILES string of the molecule is CC(C)[C@H](NC(=O)[C@H](Cc1ccccc1)NC(=O)[C@H](CCC(N)=O)NC(=O)[C@H](CCCN=C(N)N)NC(=O)[C@@H](N)Cc1ccc(O)cc1)C(=O)N[C@H](C(=O)NCC(=O)N[C@@H](Cc1ccccc1)C(=O)N[C@@H](Cc1c[nH]c2ccccc12)C(=O)O)[C@@H](C)O. The Morgan fingerprint density at radius 2 is 1.05 bits per heavy atom. The summed E-state index contributed by atoms with van der Waals surface area (Å²) in [6, 6.07) is 18.8. The Morgan fingerprint density at radius 1 is 0.540 bits per heavy atom. The van der Waals surface area contributed by atoms with Gasteiger partial charge in [-0.15, -0.1) is 0 Å². The van der Waals surface area contributed by atoms with Crippen molar-refractivity contribution in [2.75, 3.05) is 13.1 Å². The van der Waals surface area contributed by atoms with E-state index in [2.05, 4.69) is 52.5 Å². The fourth-order valence-corrected chi connectivity index (χ4v) is 9.20. The Kier molecular flexibility index (Phi) is 26.2. The normalized spacial score (nSPS) is 14.2. The molecule has 0 aliphatic carbocycles. The van der Waals surface area contributed by atoms with E-state index in [4.69, 9.17) is 22.9 Å². The lowest BCUT2D eigenvalue weighted by Crippen LogP contribution is -2.62. The van der Waals surface area contributed by atoms with E-state index in [1.54, 1.807) is 98.9 Å². The number of aromatic nitrogens is 1. The minimum atomic E-state index is -1.72. The fraction of sp³-hybridized carbons (Fsp3) is 0.383. The number of phenolic OH excluding ortho intramolecular Hbond substituents is 1. The number of nitrogens with one attached hydrogen (secondary N) is 9. The number of benzene rings is 4. The molecule has 5 aromatic rings. The van der Waals surface area contributed by atoms with Gasteiger partial charge in [0.25, 0.3) is 0 Å². The third kappa shape index (κ3) is 22.2. The van der Waals surface area contributed by atoms with E-state index < -0.39 is 132 Å². The monoisotopic (exact) mass is 1200 g/mol. The van der Waals surface area contributed by atoms with Gasteiger partial charge >= 0.3 is 5.97 Å². The van der Waals surface area contributed by atoms with Gasteiger partial charge < -0.3 is 85.8 Å². The second-order valence-electron chi connectivity index (χ2n) is 21.3. The maximum absolute atomic E-state index is 14.4. The Labute approximate surface area is 502 Å². The van der Waals surface area contributed by atoms with E-state index in [-0.39, 0.29) is 63.2 Å². The van der Waals surface area contributed by atoms with Crippen molar-refractivity contribution in [3.63, 3.8) is 0 Å². The molecule has 9 amide bonds. The average molecular weight is 1200 g/mol. The number of guanidine groups is 1. The van der Waals surface area contributed by atoms with Crippen LogP contribution in [0.2, 0.25) is 0 Å². The number of para-hydroxylation sites is 1. The molecule has 5 rings (SSSR count). The molecule has 87 heavy (non-hydrogen) atoms. The summed E-state index contributed by atoms with van der Waals surface area (Å²) in [6.07, 6.45) is -0.938. The van der Waals surface area contributed by atoms with Gasteiger partial charge in [-0.05, 0) is 79.0 Å². The minimum Gasteiger partial charge on any atom is -0.508 e. The zero-order valence-electron chi connectivity index (χ0n) is 48.5. The molecule has 27 nitrogen and oxygen atoms in total. The van der Waals surface area contributed by atoms with Crippen molar-refractivity contribution in [1.29, 1.82) is 0 Å². The van der Waals surface area contributed by atoms with Crippen LogP contribution < -0.4 is 65.5 Å². The number of carboxylic acids is 1. The summed E-state index contributed by atoms with van der Waals surface area (Å²) in [7, 11) is 0. The number of rotatable bonds is 34. The molecule has 0 aliphatic heterocycles. The van der Waals surface area contributed by atoms with Crippen molar-refractivity contribution in [3.05, 3.63) is 138 Å². The van der Waals surface area contributed by atoms with Crippen LogP contribution >= 0.6 is 0 Å². The number of aliphatic carboxylic acids is 1. The molecule has 20 N–H and O–H groups in total. The van der Waals surface area contributed by atoms with Crippen molar-refractivity contribution >= 4 is 76.0 Å². The number of aromatic amines is 1. The highest BCUT2D eigenvalue weighted by Gasteiger charge is 2.36. The highest BCUT2D eigenvalue weighted by atomic mass is 16.4. The molecule has 0 aliphatic rings. The maximum Gasteiger partial charge on any atom is 0.326 e. The highest BCUT2D eigenvalue weighted by molar-refractivity contribution is 5.98. The number of H-pyrrole nitrogens is 1. The molecule has 9 atom stereocenters. The summed E-state index contributed by atoms with van der Waals surface area (Å²) < 4.78 is 0. The first kappa shape index (κ1) is 67.9. The van der Waals surface area contributed by atoms with Gasteiger partial charge in [0.1, 0.15) is 48.0 Å². The Balaban J connectivity index is 1.28. The molecular formula is C60H78N14O13. The smallest absolute Gasteiger partial charge is 0.326 e. The van der Waals surface area contributed by atoms with E-state index in [9.17, 15) is 63.3 Å². The van der Waals surface area contributed by atoms with Gasteiger partial charge in [-0.3, -0.25) is 48.1 Å². The van der Waals surface area contributed by atoms with Gasteiger partial charge in [0.05, 0.1) is 18.7 Å². The first-order valence-electron chi connectivity index (χ1n) is 28.2. The van der Waals surface area contributed by atoms with Gasteiger partial charge in [0.15, 0.2) is 5.96 Å². The summed E-state index contributed by atoms with van der Waals surface area (Å²) in [4.78, 5) is 143. The first-order valence-corrected chi connectivity index (χ1v) is 28.2. The van der Waals surface area contributed by atoms with Crippen molar-refractivity contribution in [2.45, 2.75) is 127 Å². The van der Waals surface area contributed by atoms with Crippen molar-refractivity contribution in [1.82, 2.24) is 47.5 Å². The molecule has 1 aromatic heterocycles. The number of carbonyl (C=O) groups excluding carboxylic acids is 9. The van der Waals surface area contributed by atoms with Gasteiger partial charge in [0.2, 0.25) is 53.2 Å². The number of carboxylic acid groups (broad SMARTS) is 1. The van der Waals surface area contributed by atoms with E-state index in [0.29, 0.717) is 22.3 Å². The molecule has 27 heteroatoms. The topological polar surface area (TPSA) is 460 Å². The van der Waals surface area contributed by atoms with Gasteiger partial charge in [0, 0.05) is 49.3 Å². The van der Waals surface area contributed by atoms with Gasteiger partial charge in [-0.2, -0.15) is 0 Å². The predicted molar refractivity (Wildman–Crippen MR) is 321 cm³/mol. The lowest BCUT2D eigenvalue weighted by molar-refractivity contribution is -0.142. The van der Waals surface area contributed by atoms with Gasteiger partial charge in [-0.25, -0.2) is 4.79 Å². The summed E-state index contributed by atoms with van der Waals surface area (Å²) in [5.41, 5.74) is 25.8. The third-order valence-electron chi connectivity index (χ3n) is 13.9. The number of aliphatic hydroxyl groups excluding tert-OH is 1. The minimum absolute atomic E-state index is 0.000369. The Morgan fingerprint density at radius 3 is 1.62 bits per heavy atom. The van der Waals surface area contributed by atoms with E-state index in [1.165, 1.54) is 19.1 Å². The Hall–Kier alpha value is -9.89.